The average molecular weight is 700 g/mol. The van der Waals surface area contributed by atoms with Crippen LogP contribution in [-0.2, 0) is 0 Å². The van der Waals surface area contributed by atoms with E-state index >= 15 is 0 Å². The van der Waals surface area contributed by atoms with Gasteiger partial charge in [0.05, 0.1) is 23.3 Å². The topological polar surface area (TPSA) is 50.8 Å². The van der Waals surface area contributed by atoms with Crippen molar-refractivity contribution in [3.8, 4) is 12.1 Å². The van der Waals surface area contributed by atoms with Crippen molar-refractivity contribution in [3.05, 3.63) is 169 Å². The number of hydrogen-bond acceptors (Lipinski definition) is 5. The van der Waals surface area contributed by atoms with Gasteiger partial charge in [-0.05, 0) is 74.7 Å². The van der Waals surface area contributed by atoms with Crippen LogP contribution >= 0.6 is 23.5 Å². The third-order valence-electron chi connectivity index (χ3n) is 10.5. The molecule has 0 aromatic heterocycles. The number of hydrogen-bond donors (Lipinski definition) is 0. The van der Waals surface area contributed by atoms with E-state index < -0.39 is 8.07 Å². The minimum atomic E-state index is -2.73. The van der Waals surface area contributed by atoms with Gasteiger partial charge in [0, 0.05) is 36.6 Å². The summed E-state index contributed by atoms with van der Waals surface area (Å²) in [4.78, 5) is 7.09. The first-order valence-electron chi connectivity index (χ1n) is 16.9. The summed E-state index contributed by atoms with van der Waals surface area (Å²) in [7, 11) is -2.73. The summed E-state index contributed by atoms with van der Waals surface area (Å²) in [5, 5.41) is 25.1. The van der Waals surface area contributed by atoms with Crippen LogP contribution < -0.4 is 42.0 Å². The quantitative estimate of drug-likeness (QED) is 0.211. The molecule has 0 saturated carbocycles. The molecule has 0 atom stereocenters. The van der Waals surface area contributed by atoms with Gasteiger partial charge in [0.2, 0.25) is 6.71 Å². The van der Waals surface area contributed by atoms with Crippen molar-refractivity contribution in [2.24, 2.45) is 0 Å². The van der Waals surface area contributed by atoms with Gasteiger partial charge in [-0.1, -0.05) is 144 Å². The molecule has 236 valence electrons. The molecule has 0 spiro atoms. The molecule has 0 bridgehead atoms. The maximum absolute atomic E-state index is 9.84. The predicted molar refractivity (Wildman–Crippen MR) is 214 cm³/mol. The summed E-state index contributed by atoms with van der Waals surface area (Å²) in [6.45, 7) is 0.0224. The molecular formula is C44H26BN3S2Si. The van der Waals surface area contributed by atoms with Crippen LogP contribution in [0.4, 0.5) is 17.1 Å². The fourth-order valence-electron chi connectivity index (χ4n) is 8.44. The summed E-state index contributed by atoms with van der Waals surface area (Å²) < 4.78 is 0. The molecule has 0 unspecified atom stereocenters. The first-order valence-corrected chi connectivity index (χ1v) is 20.5. The zero-order chi connectivity index (χ0) is 34.1. The molecular weight excluding hydrogens is 674 g/mol. The number of rotatable bonds is 3. The molecule has 0 amide bonds. The van der Waals surface area contributed by atoms with E-state index in [9.17, 15) is 10.5 Å². The Hall–Kier alpha value is -5.70. The Kier molecular flexibility index (Phi) is 6.91. The maximum atomic E-state index is 9.84. The maximum Gasteiger partial charge on any atom is 0.247 e. The molecule has 7 aromatic rings. The van der Waals surface area contributed by atoms with E-state index in [-0.39, 0.29) is 6.71 Å². The minimum absolute atomic E-state index is 0.0224. The van der Waals surface area contributed by atoms with Gasteiger partial charge in [-0.15, -0.1) is 0 Å². The van der Waals surface area contributed by atoms with Gasteiger partial charge in [0.15, 0.2) is 8.07 Å². The Bertz CT molecular complexity index is 2470. The Morgan fingerprint density at radius 2 is 0.941 bits per heavy atom. The zero-order valence-electron chi connectivity index (χ0n) is 27.2. The monoisotopic (exact) mass is 699 g/mol. The van der Waals surface area contributed by atoms with Crippen molar-refractivity contribution < 1.29 is 0 Å². The lowest BCUT2D eigenvalue weighted by Crippen LogP contribution is -2.77. The number of anilines is 3. The number of nitrogens with zero attached hydrogens (tertiary/aromatic N) is 3. The number of fused-ring (bicyclic) bond motifs is 6. The number of benzene rings is 7. The van der Waals surface area contributed by atoms with E-state index in [0.29, 0.717) is 11.1 Å². The summed E-state index contributed by atoms with van der Waals surface area (Å²) in [5.41, 5.74) is 8.54. The number of para-hydroxylation sites is 2. The van der Waals surface area contributed by atoms with Crippen molar-refractivity contribution >= 4 is 92.5 Å². The summed E-state index contributed by atoms with van der Waals surface area (Å²) in [5.74, 6) is 0. The molecule has 7 heteroatoms. The molecule has 0 radical (unpaired) electrons. The Morgan fingerprint density at radius 1 is 0.490 bits per heavy atom. The van der Waals surface area contributed by atoms with Gasteiger partial charge in [-0.3, -0.25) is 0 Å². The SMILES string of the molecule is N#Cc1ccc2c(c1)Sc1cc(N3c4ccccc4[Si](c4ccccc4)(c4ccccc4)c4ccccc43)cc3c1B2c1ccc(C#N)cc1S3. The van der Waals surface area contributed by atoms with Crippen LogP contribution in [0.25, 0.3) is 0 Å². The van der Waals surface area contributed by atoms with Crippen molar-refractivity contribution in [2.75, 3.05) is 4.90 Å². The second-order valence-electron chi connectivity index (χ2n) is 13.1. The lowest BCUT2D eigenvalue weighted by molar-refractivity contribution is 1.24. The second kappa shape index (κ2) is 11.7. The van der Waals surface area contributed by atoms with Gasteiger partial charge in [-0.25, -0.2) is 0 Å². The summed E-state index contributed by atoms with van der Waals surface area (Å²) in [6, 6.07) is 61.8. The fourth-order valence-corrected chi connectivity index (χ4v) is 16.1. The first-order chi connectivity index (χ1) is 25.2. The molecule has 0 N–H and O–H groups in total. The third-order valence-corrected chi connectivity index (χ3v) is 17.6. The van der Waals surface area contributed by atoms with Gasteiger partial charge < -0.3 is 4.90 Å². The van der Waals surface area contributed by atoms with E-state index in [2.05, 4.69) is 150 Å². The number of nitriles is 2. The summed E-state index contributed by atoms with van der Waals surface area (Å²) >= 11 is 3.52. The second-order valence-corrected chi connectivity index (χ2v) is 19.0. The highest BCUT2D eigenvalue weighted by atomic mass is 32.2. The van der Waals surface area contributed by atoms with Crippen LogP contribution in [0.5, 0.6) is 0 Å². The lowest BCUT2D eigenvalue weighted by Gasteiger charge is -2.45. The Morgan fingerprint density at radius 3 is 1.41 bits per heavy atom. The lowest BCUT2D eigenvalue weighted by atomic mass is 9.36. The standard InChI is InChI=1S/C44H26BN3S2Si/c46-27-29-19-21-34-38(23-29)49-40-25-31(26-41-44(40)45(34)35-22-20-30(28-47)24-39(35)50-41)48-36-15-7-9-17-42(36)51(32-11-3-1-4-12-32,33-13-5-2-6-14-33)43-18-10-8-16-37(43)48/h1-26H. The normalized spacial score (nSPS) is 14.2. The van der Waals surface area contributed by atoms with Gasteiger partial charge >= 0.3 is 0 Å². The highest BCUT2D eigenvalue weighted by Gasteiger charge is 2.49. The fraction of sp³-hybridized carbons (Fsp3) is 0. The highest BCUT2D eigenvalue weighted by Crippen LogP contribution is 2.45. The molecule has 3 nitrogen and oxygen atoms in total. The van der Waals surface area contributed by atoms with Crippen molar-refractivity contribution in [2.45, 2.75) is 19.6 Å². The highest BCUT2D eigenvalue weighted by molar-refractivity contribution is 8.01. The predicted octanol–water partition coefficient (Wildman–Crippen LogP) is 6.04. The van der Waals surface area contributed by atoms with E-state index in [0.717, 1.165) is 15.5 Å². The molecule has 3 aliphatic heterocycles. The average Bonchev–Trinajstić information content (AvgIpc) is 3.19. The van der Waals surface area contributed by atoms with E-state index in [1.165, 1.54) is 58.3 Å². The van der Waals surface area contributed by atoms with Crippen LogP contribution in [0.2, 0.25) is 0 Å². The molecule has 7 aromatic carbocycles. The van der Waals surface area contributed by atoms with Gasteiger partial charge in [0.25, 0.3) is 0 Å². The van der Waals surface area contributed by atoms with Crippen molar-refractivity contribution in [1.29, 1.82) is 10.5 Å². The van der Waals surface area contributed by atoms with Crippen molar-refractivity contribution in [1.82, 2.24) is 0 Å². The van der Waals surface area contributed by atoms with E-state index in [4.69, 9.17) is 0 Å². The first kappa shape index (κ1) is 30.2. The van der Waals surface area contributed by atoms with E-state index in [1.807, 2.05) is 24.3 Å². The minimum Gasteiger partial charge on any atom is -0.311 e. The molecule has 10 rings (SSSR count). The van der Waals surface area contributed by atoms with Crippen LogP contribution in [0.3, 0.4) is 0 Å². The summed E-state index contributed by atoms with van der Waals surface area (Å²) in [6.07, 6.45) is 0. The molecule has 51 heavy (non-hydrogen) atoms. The van der Waals surface area contributed by atoms with Crippen LogP contribution in [0.15, 0.2) is 177 Å². The van der Waals surface area contributed by atoms with Gasteiger partial charge in [-0.2, -0.15) is 10.5 Å². The Balaban J connectivity index is 1.24. The Labute approximate surface area is 306 Å². The zero-order valence-corrected chi connectivity index (χ0v) is 29.9. The molecule has 3 aliphatic rings. The molecule has 0 aliphatic carbocycles. The molecule has 0 saturated heterocycles. The van der Waals surface area contributed by atoms with Crippen LogP contribution in [0, 0.1) is 22.7 Å². The molecule has 3 heterocycles. The smallest absolute Gasteiger partial charge is 0.247 e. The van der Waals surface area contributed by atoms with Gasteiger partial charge in [0.1, 0.15) is 0 Å². The third kappa shape index (κ3) is 4.40. The van der Waals surface area contributed by atoms with Crippen LogP contribution in [0.1, 0.15) is 11.1 Å². The van der Waals surface area contributed by atoms with Crippen molar-refractivity contribution in [3.63, 3.8) is 0 Å². The van der Waals surface area contributed by atoms with E-state index in [1.54, 1.807) is 23.5 Å². The largest absolute Gasteiger partial charge is 0.311 e. The van der Waals surface area contributed by atoms with Crippen LogP contribution in [-0.4, -0.2) is 14.8 Å². The molecule has 0 fully saturated rings.